The maximum atomic E-state index is 12.6. The Morgan fingerprint density at radius 3 is 2.37 bits per heavy atom. The number of hydrogen-bond acceptors (Lipinski definition) is 4. The number of aryl methyl sites for hydroxylation is 2. The van der Waals surface area contributed by atoms with E-state index in [4.69, 9.17) is 0 Å². The van der Waals surface area contributed by atoms with Crippen molar-refractivity contribution < 1.29 is 18.0 Å². The topological polar surface area (TPSA) is 104 Å². The van der Waals surface area contributed by atoms with E-state index in [9.17, 15) is 18.0 Å². The van der Waals surface area contributed by atoms with Crippen LogP contribution in [0, 0.1) is 13.8 Å². The quantitative estimate of drug-likeness (QED) is 0.609. The molecule has 1 saturated carbocycles. The number of nitrogens with one attached hydrogen (secondary N) is 3. The smallest absolute Gasteiger partial charge is 0.245 e. The van der Waals surface area contributed by atoms with E-state index < -0.39 is 15.6 Å². The van der Waals surface area contributed by atoms with Gasteiger partial charge in [0.2, 0.25) is 21.8 Å². The summed E-state index contributed by atoms with van der Waals surface area (Å²) in [6.07, 6.45) is 4.02. The molecule has 27 heavy (non-hydrogen) atoms. The number of hydrogen-bond donors (Lipinski definition) is 3. The summed E-state index contributed by atoms with van der Waals surface area (Å²) < 4.78 is 27.5. The lowest BCUT2D eigenvalue weighted by Crippen LogP contribution is -2.59. The molecule has 1 aliphatic rings. The summed E-state index contributed by atoms with van der Waals surface area (Å²) in [7, 11) is -3.64. The number of rotatable bonds is 7. The molecular formula is C19H29N3O4S. The maximum Gasteiger partial charge on any atom is 0.245 e. The zero-order valence-electron chi connectivity index (χ0n) is 16.2. The summed E-state index contributed by atoms with van der Waals surface area (Å²) in [6.45, 7) is 5.23. The first-order valence-corrected chi connectivity index (χ1v) is 10.8. The van der Waals surface area contributed by atoms with Gasteiger partial charge in [-0.3, -0.25) is 9.59 Å². The minimum Gasteiger partial charge on any atom is -0.353 e. The Hall–Kier alpha value is -1.93. The van der Waals surface area contributed by atoms with Gasteiger partial charge in [0.05, 0.1) is 4.90 Å². The lowest BCUT2D eigenvalue weighted by molar-refractivity contribution is -0.134. The standard InChI is InChI=1S/C19H29N3O4S/c1-14-7-8-15(2)17(13-14)27(25,26)21-12-11-20-18(24)19(22-16(3)23)9-5-4-6-10-19/h7-8,13,21H,4-6,9-12H2,1-3H3,(H,20,24)(H,22,23). The van der Waals surface area contributed by atoms with Gasteiger partial charge >= 0.3 is 0 Å². The molecule has 1 aromatic carbocycles. The molecule has 0 bridgehead atoms. The SMILES string of the molecule is CC(=O)NC1(C(=O)NCCNS(=O)(=O)c2cc(C)ccc2C)CCCCC1. The second kappa shape index (κ2) is 8.84. The van der Waals surface area contributed by atoms with E-state index in [0.29, 0.717) is 18.4 Å². The molecule has 0 atom stereocenters. The van der Waals surface area contributed by atoms with E-state index >= 15 is 0 Å². The average Bonchev–Trinajstić information content (AvgIpc) is 2.60. The minimum atomic E-state index is -3.64. The van der Waals surface area contributed by atoms with Gasteiger partial charge in [-0.15, -0.1) is 0 Å². The Kier molecular flexibility index (Phi) is 7.00. The van der Waals surface area contributed by atoms with Gasteiger partial charge in [0.1, 0.15) is 5.54 Å². The van der Waals surface area contributed by atoms with Gasteiger partial charge in [0, 0.05) is 20.0 Å². The normalized spacial score (nSPS) is 16.6. The van der Waals surface area contributed by atoms with E-state index in [0.717, 1.165) is 24.8 Å². The van der Waals surface area contributed by atoms with Crippen LogP contribution in [0.5, 0.6) is 0 Å². The second-order valence-electron chi connectivity index (χ2n) is 7.25. The van der Waals surface area contributed by atoms with Crippen molar-refractivity contribution in [1.29, 1.82) is 0 Å². The zero-order chi connectivity index (χ0) is 20.1. The van der Waals surface area contributed by atoms with Crippen molar-refractivity contribution in [2.45, 2.75) is 63.3 Å². The number of amides is 2. The Balaban J connectivity index is 1.94. The summed E-state index contributed by atoms with van der Waals surface area (Å²) in [6, 6.07) is 5.26. The zero-order valence-corrected chi connectivity index (χ0v) is 17.0. The predicted molar refractivity (Wildman–Crippen MR) is 104 cm³/mol. The van der Waals surface area contributed by atoms with Crippen molar-refractivity contribution in [2.24, 2.45) is 0 Å². The molecule has 150 valence electrons. The first kappa shape index (κ1) is 21.4. The van der Waals surface area contributed by atoms with Crippen LogP contribution in [0.4, 0.5) is 0 Å². The number of carbonyl (C=O) groups is 2. The molecular weight excluding hydrogens is 366 g/mol. The molecule has 7 nitrogen and oxygen atoms in total. The van der Waals surface area contributed by atoms with Gasteiger partial charge in [-0.2, -0.15) is 0 Å². The van der Waals surface area contributed by atoms with Gasteiger partial charge < -0.3 is 10.6 Å². The molecule has 1 aliphatic carbocycles. The highest BCUT2D eigenvalue weighted by atomic mass is 32.2. The summed E-state index contributed by atoms with van der Waals surface area (Å²) in [5, 5.41) is 5.57. The molecule has 0 aliphatic heterocycles. The van der Waals surface area contributed by atoms with Crippen LogP contribution in [0.15, 0.2) is 23.1 Å². The molecule has 1 fully saturated rings. The summed E-state index contributed by atoms with van der Waals surface area (Å²) >= 11 is 0. The summed E-state index contributed by atoms with van der Waals surface area (Å²) in [5.41, 5.74) is 0.656. The number of carbonyl (C=O) groups excluding carboxylic acids is 2. The fourth-order valence-electron chi connectivity index (χ4n) is 3.51. The number of sulfonamides is 1. The molecule has 0 aromatic heterocycles. The minimum absolute atomic E-state index is 0.0810. The van der Waals surface area contributed by atoms with Crippen molar-refractivity contribution in [1.82, 2.24) is 15.4 Å². The molecule has 0 spiro atoms. The largest absolute Gasteiger partial charge is 0.353 e. The van der Waals surface area contributed by atoms with Gasteiger partial charge in [0.25, 0.3) is 0 Å². The van der Waals surface area contributed by atoms with Crippen molar-refractivity contribution in [3.63, 3.8) is 0 Å². The predicted octanol–water partition coefficient (Wildman–Crippen LogP) is 1.54. The van der Waals surface area contributed by atoms with Crippen LogP contribution in [0.25, 0.3) is 0 Å². The first-order valence-electron chi connectivity index (χ1n) is 9.30. The molecule has 0 heterocycles. The van der Waals surface area contributed by atoms with E-state index in [1.165, 1.54) is 6.92 Å². The molecule has 3 N–H and O–H groups in total. The van der Waals surface area contributed by atoms with Crippen LogP contribution >= 0.6 is 0 Å². The van der Waals surface area contributed by atoms with Crippen LogP contribution in [-0.2, 0) is 19.6 Å². The highest BCUT2D eigenvalue weighted by Gasteiger charge is 2.39. The first-order chi connectivity index (χ1) is 12.7. The third-order valence-corrected chi connectivity index (χ3v) is 6.50. The lowest BCUT2D eigenvalue weighted by Gasteiger charge is -2.36. The van der Waals surface area contributed by atoms with Crippen LogP contribution < -0.4 is 15.4 Å². The van der Waals surface area contributed by atoms with Crippen molar-refractivity contribution >= 4 is 21.8 Å². The molecule has 1 aromatic rings. The van der Waals surface area contributed by atoms with E-state index in [-0.39, 0.29) is 29.8 Å². The number of benzene rings is 1. The third kappa shape index (κ3) is 5.52. The molecule has 0 radical (unpaired) electrons. The van der Waals surface area contributed by atoms with E-state index in [2.05, 4.69) is 15.4 Å². The lowest BCUT2D eigenvalue weighted by atomic mass is 9.80. The van der Waals surface area contributed by atoms with Crippen molar-refractivity contribution in [3.8, 4) is 0 Å². The molecule has 8 heteroatoms. The average molecular weight is 396 g/mol. The van der Waals surface area contributed by atoms with Crippen LogP contribution in [0.2, 0.25) is 0 Å². The van der Waals surface area contributed by atoms with Gasteiger partial charge in [-0.05, 0) is 43.9 Å². The molecule has 2 rings (SSSR count). The van der Waals surface area contributed by atoms with Crippen LogP contribution in [-0.4, -0.2) is 38.9 Å². The Morgan fingerprint density at radius 2 is 1.74 bits per heavy atom. The summed E-state index contributed by atoms with van der Waals surface area (Å²) in [4.78, 5) is 24.4. The Morgan fingerprint density at radius 1 is 1.07 bits per heavy atom. The monoisotopic (exact) mass is 395 g/mol. The van der Waals surface area contributed by atoms with E-state index in [1.54, 1.807) is 19.1 Å². The van der Waals surface area contributed by atoms with E-state index in [1.807, 2.05) is 13.0 Å². The van der Waals surface area contributed by atoms with Gasteiger partial charge in [-0.25, -0.2) is 13.1 Å². The van der Waals surface area contributed by atoms with Gasteiger partial charge in [0.15, 0.2) is 0 Å². The highest BCUT2D eigenvalue weighted by Crippen LogP contribution is 2.28. The van der Waals surface area contributed by atoms with Gasteiger partial charge in [-0.1, -0.05) is 31.4 Å². The fourth-order valence-corrected chi connectivity index (χ4v) is 4.87. The van der Waals surface area contributed by atoms with Crippen molar-refractivity contribution in [2.75, 3.05) is 13.1 Å². The maximum absolute atomic E-state index is 12.6. The molecule has 2 amide bonds. The fraction of sp³-hybridized carbons (Fsp3) is 0.579. The third-order valence-electron chi connectivity index (χ3n) is 4.89. The molecule has 0 unspecified atom stereocenters. The van der Waals surface area contributed by atoms with Crippen LogP contribution in [0.1, 0.15) is 50.2 Å². The highest BCUT2D eigenvalue weighted by molar-refractivity contribution is 7.89. The van der Waals surface area contributed by atoms with Crippen molar-refractivity contribution in [3.05, 3.63) is 29.3 Å². The Labute approximate surface area is 161 Å². The second-order valence-corrected chi connectivity index (χ2v) is 8.98. The summed E-state index contributed by atoms with van der Waals surface area (Å²) in [5.74, 6) is -0.481. The van der Waals surface area contributed by atoms with Crippen LogP contribution in [0.3, 0.4) is 0 Å². The molecule has 0 saturated heterocycles. The Bertz CT molecular complexity index is 799.